The highest BCUT2D eigenvalue weighted by Crippen LogP contribution is 2.50. The summed E-state index contributed by atoms with van der Waals surface area (Å²) in [5.41, 5.74) is 11.2. The largest absolute Gasteiger partial charge is 0.481 e. The molecule has 310 valence electrons. The van der Waals surface area contributed by atoms with Crippen molar-refractivity contribution in [1.29, 1.82) is 0 Å². The molecule has 1 aliphatic rings. The third kappa shape index (κ3) is 11.7. The van der Waals surface area contributed by atoms with Gasteiger partial charge in [-0.1, -0.05) is 146 Å². The zero-order valence-electron chi connectivity index (χ0n) is 33.6. The molecule has 60 heavy (non-hydrogen) atoms. The third-order valence-corrected chi connectivity index (χ3v) is 12.1. The fraction of sp³-hybridized carbons (Fsp3) is 0.245. The summed E-state index contributed by atoms with van der Waals surface area (Å²) in [6.07, 6.45) is 0.493. The van der Waals surface area contributed by atoms with Crippen molar-refractivity contribution in [1.82, 2.24) is 9.80 Å². The number of amides is 2. The smallest absolute Gasteiger partial charge is 0.368 e. The van der Waals surface area contributed by atoms with Gasteiger partial charge in [0, 0.05) is 13.1 Å². The van der Waals surface area contributed by atoms with Gasteiger partial charge in [0.05, 0.1) is 31.4 Å². The van der Waals surface area contributed by atoms with Crippen molar-refractivity contribution in [2.75, 3.05) is 13.1 Å². The molecule has 0 aliphatic carbocycles. The second-order valence-corrected chi connectivity index (χ2v) is 16.9. The van der Waals surface area contributed by atoms with Crippen molar-refractivity contribution >= 4 is 13.6 Å². The average molecular weight is 826 g/mol. The van der Waals surface area contributed by atoms with Crippen molar-refractivity contribution in [3.8, 4) is 11.5 Å². The summed E-state index contributed by atoms with van der Waals surface area (Å²) in [7, 11) is -3.76. The van der Waals surface area contributed by atoms with Gasteiger partial charge in [0.25, 0.3) is 0 Å². The first-order valence-electron chi connectivity index (χ1n) is 20.3. The molecule has 6 aromatic rings. The molecule has 1 fully saturated rings. The maximum absolute atomic E-state index is 15.0. The van der Waals surface area contributed by atoms with Gasteiger partial charge in [0.15, 0.2) is 6.35 Å². The highest BCUT2D eigenvalue weighted by atomic mass is 31.2. The summed E-state index contributed by atoms with van der Waals surface area (Å²) in [6, 6.07) is 52.8. The topological polar surface area (TPSA) is 124 Å². The van der Waals surface area contributed by atoms with Crippen LogP contribution in [-0.2, 0) is 52.8 Å². The molecule has 2 amide bonds. The predicted molar refractivity (Wildman–Crippen MR) is 233 cm³/mol. The van der Waals surface area contributed by atoms with Gasteiger partial charge in [-0.3, -0.25) is 10.3 Å². The molecule has 0 aromatic heterocycles. The molecule has 11 heteroatoms. The van der Waals surface area contributed by atoms with Gasteiger partial charge in [0.2, 0.25) is 0 Å². The number of ether oxygens (including phenoxy) is 2. The summed E-state index contributed by atoms with van der Waals surface area (Å²) in [5.74, 6) is 1.05. The second kappa shape index (κ2) is 21.0. The van der Waals surface area contributed by atoms with E-state index >= 15 is 4.79 Å². The highest BCUT2D eigenvalue weighted by Gasteiger charge is 2.45. The minimum atomic E-state index is -3.76. The van der Waals surface area contributed by atoms with E-state index < -0.39 is 25.8 Å². The first kappa shape index (κ1) is 42.4. The van der Waals surface area contributed by atoms with E-state index in [0.29, 0.717) is 30.8 Å². The van der Waals surface area contributed by atoms with Crippen LogP contribution in [0.25, 0.3) is 0 Å². The number of carbonyl (C=O) groups excluding carboxylic acids is 1. The summed E-state index contributed by atoms with van der Waals surface area (Å²) in [6.45, 7) is 0.657. The molecule has 0 spiro atoms. The number of benzene rings is 6. The molecule has 6 aromatic carbocycles. The highest BCUT2D eigenvalue weighted by molar-refractivity contribution is 7.53. The van der Waals surface area contributed by atoms with Crippen molar-refractivity contribution in [2.45, 2.75) is 63.8 Å². The number of hydrogen-bond donors (Lipinski definition) is 2. The fourth-order valence-corrected chi connectivity index (χ4v) is 8.75. The van der Waals surface area contributed by atoms with Gasteiger partial charge in [0.1, 0.15) is 18.2 Å². The zero-order chi connectivity index (χ0) is 41.6. The van der Waals surface area contributed by atoms with Crippen LogP contribution >= 0.6 is 7.60 Å². The Morgan fingerprint density at radius 2 is 1.00 bits per heavy atom. The minimum Gasteiger partial charge on any atom is -0.481 e. The maximum Gasteiger partial charge on any atom is 0.368 e. The van der Waals surface area contributed by atoms with Gasteiger partial charge in [-0.25, -0.2) is 4.79 Å². The van der Waals surface area contributed by atoms with Gasteiger partial charge < -0.3 is 33.4 Å². The standard InChI is InChI=1S/C49H52N3O7P/c50-36-56-44-25-13-23-42(29-44)33-52-47(31-39-17-7-2-8-18-39)48(53)46(28-27-38-15-5-1-6-16-38)51(49(52)54)32-43-24-14-26-45(30-43)57-37-60(55,58-34-40-19-9-3-10-20-40)59-35-41-21-11-4-12-22-41/h1-26,29-30,46-48,53H,27-28,31-37,50H2/t46-,47-,48-/m1/s1. The molecule has 1 saturated heterocycles. The quantitative estimate of drug-likeness (QED) is 0.0577. The Hall–Kier alpha value is -5.74. The Morgan fingerprint density at radius 3 is 1.52 bits per heavy atom. The first-order valence-corrected chi connectivity index (χ1v) is 22.0. The average Bonchev–Trinajstić information content (AvgIpc) is 3.29. The Kier molecular flexibility index (Phi) is 14.8. The number of aliphatic hydroxyl groups excluding tert-OH is 1. The molecule has 0 unspecified atom stereocenters. The van der Waals surface area contributed by atoms with E-state index in [1.807, 2.05) is 152 Å². The van der Waals surface area contributed by atoms with Crippen LogP contribution in [0.4, 0.5) is 4.79 Å². The molecule has 3 N–H and O–H groups in total. The number of carbonyl (C=O) groups is 1. The lowest BCUT2D eigenvalue weighted by atomic mass is 9.88. The number of aryl methyl sites for hydroxylation is 1. The van der Waals surface area contributed by atoms with E-state index in [4.69, 9.17) is 24.3 Å². The van der Waals surface area contributed by atoms with Crippen LogP contribution in [0.3, 0.4) is 0 Å². The summed E-state index contributed by atoms with van der Waals surface area (Å²) in [5, 5.41) is 12.5. The van der Waals surface area contributed by atoms with E-state index in [-0.39, 0.29) is 45.4 Å². The molecular formula is C49H52N3O7P. The summed E-state index contributed by atoms with van der Waals surface area (Å²) < 4.78 is 37.9. The van der Waals surface area contributed by atoms with Crippen molar-refractivity contribution < 1.29 is 33.0 Å². The zero-order valence-corrected chi connectivity index (χ0v) is 34.5. The minimum absolute atomic E-state index is 0.0278. The lowest BCUT2D eigenvalue weighted by molar-refractivity contribution is -0.0453. The maximum atomic E-state index is 15.0. The molecule has 7 rings (SSSR count). The number of hydrogen-bond acceptors (Lipinski definition) is 8. The van der Waals surface area contributed by atoms with E-state index in [9.17, 15) is 9.67 Å². The van der Waals surface area contributed by atoms with Crippen molar-refractivity contribution in [2.24, 2.45) is 5.73 Å². The lowest BCUT2D eigenvalue weighted by Crippen LogP contribution is -2.66. The van der Waals surface area contributed by atoms with Crippen LogP contribution in [0, 0.1) is 0 Å². The Labute approximate surface area is 352 Å². The molecular weight excluding hydrogens is 774 g/mol. The van der Waals surface area contributed by atoms with Gasteiger partial charge in [-0.05, 0) is 76.9 Å². The summed E-state index contributed by atoms with van der Waals surface area (Å²) in [4.78, 5) is 18.6. The van der Waals surface area contributed by atoms with Crippen LogP contribution in [0.5, 0.6) is 11.5 Å². The van der Waals surface area contributed by atoms with Crippen LogP contribution in [0.2, 0.25) is 0 Å². The predicted octanol–water partition coefficient (Wildman–Crippen LogP) is 9.36. The molecule has 1 heterocycles. The van der Waals surface area contributed by atoms with E-state index in [1.54, 1.807) is 15.9 Å². The second-order valence-electron chi connectivity index (χ2n) is 14.9. The molecule has 10 nitrogen and oxygen atoms in total. The Morgan fingerprint density at radius 1 is 0.550 bits per heavy atom. The number of nitrogens with zero attached hydrogens (tertiary/aromatic N) is 2. The third-order valence-electron chi connectivity index (χ3n) is 10.6. The SMILES string of the molecule is NCOc1cccc(CN2C(=O)N(Cc3cccc(OCP(=O)(OCc4ccccc4)OCc4ccccc4)c3)[C@H](CCc3ccccc3)[C@@H](O)[C@H]2Cc2ccccc2)c1. The van der Waals surface area contributed by atoms with E-state index in [2.05, 4.69) is 12.1 Å². The summed E-state index contributed by atoms with van der Waals surface area (Å²) >= 11 is 0. The number of aliphatic hydroxyl groups is 1. The van der Waals surface area contributed by atoms with Gasteiger partial charge in [-0.15, -0.1) is 0 Å². The molecule has 3 atom stereocenters. The number of rotatable bonds is 20. The van der Waals surface area contributed by atoms with Gasteiger partial charge >= 0.3 is 13.6 Å². The molecule has 0 saturated carbocycles. The Bertz CT molecular complexity index is 2240. The van der Waals surface area contributed by atoms with Crippen molar-refractivity contribution in [3.05, 3.63) is 203 Å². The number of nitrogens with two attached hydrogens (primary N) is 1. The normalized spacial score (nSPS) is 16.8. The molecule has 1 aliphatic heterocycles. The van der Waals surface area contributed by atoms with Crippen LogP contribution < -0.4 is 15.2 Å². The van der Waals surface area contributed by atoms with Crippen molar-refractivity contribution in [3.63, 3.8) is 0 Å². The lowest BCUT2D eigenvalue weighted by Gasteiger charge is -2.49. The fourth-order valence-electron chi connectivity index (χ4n) is 7.53. The van der Waals surface area contributed by atoms with Gasteiger partial charge in [-0.2, -0.15) is 0 Å². The van der Waals surface area contributed by atoms with Crippen LogP contribution in [-0.4, -0.2) is 52.2 Å². The van der Waals surface area contributed by atoms with Crippen LogP contribution in [0.15, 0.2) is 170 Å². The van der Waals surface area contributed by atoms with E-state index in [0.717, 1.165) is 33.4 Å². The first-order chi connectivity index (χ1) is 29.4. The molecule has 0 radical (unpaired) electrons. The van der Waals surface area contributed by atoms with E-state index in [1.165, 1.54) is 0 Å². The monoisotopic (exact) mass is 825 g/mol. The molecule has 0 bridgehead atoms. The Balaban J connectivity index is 1.14. The number of urea groups is 1. The van der Waals surface area contributed by atoms with Crippen LogP contribution in [0.1, 0.15) is 39.8 Å².